The van der Waals surface area contributed by atoms with Gasteiger partial charge in [0.1, 0.15) is 5.82 Å². The minimum atomic E-state index is -0.0952. The second-order valence-corrected chi connectivity index (χ2v) is 5.85. The van der Waals surface area contributed by atoms with Gasteiger partial charge in [-0.2, -0.15) is 4.98 Å². The molecule has 0 unspecified atom stereocenters. The number of hydrogen-bond donors (Lipinski definition) is 2. The minimum absolute atomic E-state index is 0.0952. The van der Waals surface area contributed by atoms with Gasteiger partial charge < -0.3 is 15.5 Å². The average molecular weight is 341 g/mol. The Morgan fingerprint density at radius 2 is 1.80 bits per heavy atom. The number of rotatable bonds is 8. The van der Waals surface area contributed by atoms with E-state index in [2.05, 4.69) is 52.3 Å². The van der Waals surface area contributed by atoms with Crippen molar-refractivity contribution < 1.29 is 4.79 Å². The van der Waals surface area contributed by atoms with E-state index < -0.39 is 0 Å². The number of aryl methyl sites for hydroxylation is 1. The zero-order chi connectivity index (χ0) is 18.2. The molecular weight excluding hydrogens is 314 g/mol. The van der Waals surface area contributed by atoms with Gasteiger partial charge in [0.2, 0.25) is 11.9 Å². The Kier molecular flexibility index (Phi) is 6.74. The molecule has 0 fully saturated rings. The lowest BCUT2D eigenvalue weighted by Gasteiger charge is -2.21. The number of nitrogens with zero attached hydrogens (tertiary/aromatic N) is 3. The molecule has 0 aliphatic carbocycles. The third kappa shape index (κ3) is 5.45. The quantitative estimate of drug-likeness (QED) is 0.760. The molecular formula is C19H27N5O. The van der Waals surface area contributed by atoms with E-state index in [9.17, 15) is 4.79 Å². The highest BCUT2D eigenvalue weighted by Crippen LogP contribution is 2.21. The molecule has 0 bridgehead atoms. The molecule has 1 aromatic carbocycles. The number of nitrogens with one attached hydrogen (secondary N) is 2. The molecule has 0 spiro atoms. The van der Waals surface area contributed by atoms with E-state index >= 15 is 0 Å². The topological polar surface area (TPSA) is 70.2 Å². The third-order valence-electron chi connectivity index (χ3n) is 3.80. The molecule has 0 aliphatic rings. The second kappa shape index (κ2) is 9.01. The van der Waals surface area contributed by atoms with Crippen molar-refractivity contribution in [2.24, 2.45) is 0 Å². The number of amides is 1. The van der Waals surface area contributed by atoms with E-state index in [1.807, 2.05) is 24.3 Å². The summed E-state index contributed by atoms with van der Waals surface area (Å²) in [5.74, 6) is 1.42. The number of carbonyl (C=O) groups excluding carboxylic acids is 1. The van der Waals surface area contributed by atoms with Gasteiger partial charge in [0.15, 0.2) is 0 Å². The maximum absolute atomic E-state index is 11.2. The van der Waals surface area contributed by atoms with Crippen molar-refractivity contribution in [1.29, 1.82) is 0 Å². The molecule has 0 saturated heterocycles. The average Bonchev–Trinajstić information content (AvgIpc) is 2.56. The number of aromatic nitrogens is 2. The smallest absolute Gasteiger partial charge is 0.229 e. The van der Waals surface area contributed by atoms with Crippen LogP contribution in [0.25, 0.3) is 0 Å². The molecule has 0 atom stereocenters. The third-order valence-corrected chi connectivity index (χ3v) is 3.80. The Morgan fingerprint density at radius 1 is 1.08 bits per heavy atom. The van der Waals surface area contributed by atoms with E-state index in [4.69, 9.17) is 0 Å². The van der Waals surface area contributed by atoms with Crippen molar-refractivity contribution >= 4 is 29.0 Å². The van der Waals surface area contributed by atoms with Gasteiger partial charge in [0, 0.05) is 43.1 Å². The first-order chi connectivity index (χ1) is 12.0. The fraction of sp³-hybridized carbons (Fsp3) is 0.421. The Bertz CT molecular complexity index is 713. The van der Waals surface area contributed by atoms with Crippen molar-refractivity contribution in [3.8, 4) is 0 Å². The predicted molar refractivity (Wildman–Crippen MR) is 104 cm³/mol. The van der Waals surface area contributed by atoms with Gasteiger partial charge in [-0.25, -0.2) is 4.98 Å². The number of anilines is 4. The van der Waals surface area contributed by atoms with Gasteiger partial charge in [-0.15, -0.1) is 0 Å². The van der Waals surface area contributed by atoms with Crippen LogP contribution in [0.3, 0.4) is 0 Å². The Balaban J connectivity index is 2.30. The maximum Gasteiger partial charge on any atom is 0.229 e. The molecule has 6 nitrogen and oxygen atoms in total. The molecule has 1 amide bonds. The van der Waals surface area contributed by atoms with Crippen molar-refractivity contribution in [3.63, 3.8) is 0 Å². The van der Waals surface area contributed by atoms with E-state index in [0.717, 1.165) is 48.8 Å². The van der Waals surface area contributed by atoms with Gasteiger partial charge in [0.05, 0.1) is 0 Å². The lowest BCUT2D eigenvalue weighted by atomic mass is 10.2. The predicted octanol–water partition coefficient (Wildman–Crippen LogP) is 3.98. The first-order valence-corrected chi connectivity index (χ1v) is 8.83. The van der Waals surface area contributed by atoms with Gasteiger partial charge in [0.25, 0.3) is 0 Å². The molecule has 1 heterocycles. The maximum atomic E-state index is 11.2. The summed E-state index contributed by atoms with van der Waals surface area (Å²) in [6.07, 6.45) is 1.95. The lowest BCUT2D eigenvalue weighted by Crippen LogP contribution is -2.23. The normalized spacial score (nSPS) is 10.4. The van der Waals surface area contributed by atoms with Crippen LogP contribution in [0.4, 0.5) is 23.1 Å². The van der Waals surface area contributed by atoms with Crippen LogP contribution in [-0.4, -0.2) is 29.0 Å². The Morgan fingerprint density at radius 3 is 2.44 bits per heavy atom. The van der Waals surface area contributed by atoms with Crippen LogP contribution in [-0.2, 0) is 11.2 Å². The van der Waals surface area contributed by atoms with Crippen molar-refractivity contribution in [3.05, 3.63) is 36.0 Å². The van der Waals surface area contributed by atoms with E-state index in [1.54, 1.807) is 0 Å². The number of benzene rings is 1. The van der Waals surface area contributed by atoms with Crippen molar-refractivity contribution in [2.45, 2.75) is 40.5 Å². The van der Waals surface area contributed by atoms with Crippen LogP contribution in [0.2, 0.25) is 0 Å². The molecule has 0 saturated carbocycles. The summed E-state index contributed by atoms with van der Waals surface area (Å²) in [7, 11) is 0. The minimum Gasteiger partial charge on any atom is -0.357 e. The standard InChI is InChI=1S/C19H27N5O/c1-5-9-15-13-18(24(6-2)7-3)23-19(21-15)22-17-11-8-10-16(12-17)20-14(4)25/h8,10-13H,5-7,9H2,1-4H3,(H,20,25)(H,21,22,23). The zero-order valence-electron chi connectivity index (χ0n) is 15.5. The summed E-state index contributed by atoms with van der Waals surface area (Å²) >= 11 is 0. The van der Waals surface area contributed by atoms with Crippen LogP contribution >= 0.6 is 0 Å². The molecule has 25 heavy (non-hydrogen) atoms. The first-order valence-electron chi connectivity index (χ1n) is 8.83. The number of carbonyl (C=O) groups is 1. The fourth-order valence-electron chi connectivity index (χ4n) is 2.64. The molecule has 0 radical (unpaired) electrons. The fourth-order valence-corrected chi connectivity index (χ4v) is 2.64. The van der Waals surface area contributed by atoms with Crippen LogP contribution < -0.4 is 15.5 Å². The van der Waals surface area contributed by atoms with Crippen LogP contribution in [0.15, 0.2) is 30.3 Å². The summed E-state index contributed by atoms with van der Waals surface area (Å²) in [5, 5.41) is 6.04. The van der Waals surface area contributed by atoms with Crippen LogP contribution in [0, 0.1) is 0 Å². The molecule has 2 rings (SSSR count). The van der Waals surface area contributed by atoms with E-state index in [-0.39, 0.29) is 5.91 Å². The lowest BCUT2D eigenvalue weighted by molar-refractivity contribution is -0.114. The summed E-state index contributed by atoms with van der Waals surface area (Å²) in [5.41, 5.74) is 2.61. The second-order valence-electron chi connectivity index (χ2n) is 5.85. The molecule has 6 heteroatoms. The summed E-state index contributed by atoms with van der Waals surface area (Å²) in [4.78, 5) is 22.7. The highest BCUT2D eigenvalue weighted by atomic mass is 16.1. The largest absolute Gasteiger partial charge is 0.357 e. The van der Waals surface area contributed by atoms with Gasteiger partial charge in [-0.05, 0) is 38.5 Å². The monoisotopic (exact) mass is 341 g/mol. The van der Waals surface area contributed by atoms with E-state index in [1.165, 1.54) is 6.92 Å². The highest BCUT2D eigenvalue weighted by Gasteiger charge is 2.10. The molecule has 0 aliphatic heterocycles. The van der Waals surface area contributed by atoms with Gasteiger partial charge in [-0.3, -0.25) is 4.79 Å². The molecule has 2 N–H and O–H groups in total. The number of hydrogen-bond acceptors (Lipinski definition) is 5. The summed E-state index contributed by atoms with van der Waals surface area (Å²) in [6.45, 7) is 9.67. The molecule has 134 valence electrons. The SMILES string of the molecule is CCCc1cc(N(CC)CC)nc(Nc2cccc(NC(C)=O)c2)n1. The van der Waals surface area contributed by atoms with Gasteiger partial charge in [-0.1, -0.05) is 19.4 Å². The Labute approximate surface area is 149 Å². The van der Waals surface area contributed by atoms with Gasteiger partial charge >= 0.3 is 0 Å². The summed E-state index contributed by atoms with van der Waals surface area (Å²) in [6, 6.07) is 9.60. The first kappa shape index (κ1) is 18.7. The van der Waals surface area contributed by atoms with Crippen molar-refractivity contribution in [2.75, 3.05) is 28.6 Å². The Hall–Kier alpha value is -2.63. The van der Waals surface area contributed by atoms with E-state index in [0.29, 0.717) is 5.95 Å². The van der Waals surface area contributed by atoms with Crippen LogP contribution in [0.5, 0.6) is 0 Å². The molecule has 2 aromatic rings. The highest BCUT2D eigenvalue weighted by molar-refractivity contribution is 5.89. The zero-order valence-corrected chi connectivity index (χ0v) is 15.5. The summed E-state index contributed by atoms with van der Waals surface area (Å²) < 4.78 is 0. The van der Waals surface area contributed by atoms with Crippen LogP contribution in [0.1, 0.15) is 39.8 Å². The van der Waals surface area contributed by atoms with Crippen molar-refractivity contribution in [1.82, 2.24) is 9.97 Å². The molecule has 1 aromatic heterocycles.